The Bertz CT molecular complexity index is 774. The van der Waals surface area contributed by atoms with Gasteiger partial charge in [0, 0.05) is 13.2 Å². The van der Waals surface area contributed by atoms with Crippen molar-refractivity contribution in [3.05, 3.63) is 71.9 Å². The quantitative estimate of drug-likeness (QED) is 0.743. The van der Waals surface area contributed by atoms with E-state index < -0.39 is 0 Å². The Kier molecular flexibility index (Phi) is 3.78. The van der Waals surface area contributed by atoms with Gasteiger partial charge < -0.3 is 9.32 Å². The van der Waals surface area contributed by atoms with Gasteiger partial charge in [-0.3, -0.25) is 4.79 Å². The summed E-state index contributed by atoms with van der Waals surface area (Å²) in [5, 5.41) is 4.25. The van der Waals surface area contributed by atoms with E-state index in [9.17, 15) is 4.79 Å². The molecule has 5 heteroatoms. The molecule has 0 saturated carbocycles. The molecule has 1 amide bonds. The zero-order valence-corrected chi connectivity index (χ0v) is 12.6. The molecule has 0 N–H and O–H groups in total. The number of nitrogens with zero attached hydrogens (tertiary/aromatic N) is 3. The van der Waals surface area contributed by atoms with Crippen LogP contribution in [0.15, 0.2) is 59.3 Å². The molecule has 1 aromatic carbocycles. The van der Waals surface area contributed by atoms with Gasteiger partial charge in [0.15, 0.2) is 0 Å². The van der Waals surface area contributed by atoms with Gasteiger partial charge >= 0.3 is 0 Å². The first kappa shape index (κ1) is 14.1. The van der Waals surface area contributed by atoms with Crippen LogP contribution in [0.1, 0.15) is 21.9 Å². The molecule has 2 heterocycles. The van der Waals surface area contributed by atoms with Crippen molar-refractivity contribution in [1.82, 2.24) is 14.7 Å². The lowest BCUT2D eigenvalue weighted by Gasteiger charge is -2.14. The maximum Gasteiger partial charge on any atom is 0.257 e. The average molecular weight is 295 g/mol. The number of amides is 1. The summed E-state index contributed by atoms with van der Waals surface area (Å²) in [5.74, 6) is 1.52. The van der Waals surface area contributed by atoms with Gasteiger partial charge in [0.1, 0.15) is 11.5 Å². The summed E-state index contributed by atoms with van der Waals surface area (Å²) >= 11 is 0. The minimum atomic E-state index is -0.0868. The molecule has 112 valence electrons. The van der Waals surface area contributed by atoms with E-state index in [2.05, 4.69) is 5.10 Å². The summed E-state index contributed by atoms with van der Waals surface area (Å²) in [5.41, 5.74) is 1.47. The lowest BCUT2D eigenvalue weighted by atomic mass is 10.3. The molecule has 0 radical (unpaired) electrons. The predicted molar refractivity (Wildman–Crippen MR) is 82.8 cm³/mol. The molecule has 0 aliphatic rings. The molecule has 0 atom stereocenters. The van der Waals surface area contributed by atoms with Crippen LogP contribution in [0, 0.1) is 6.92 Å². The molecule has 3 rings (SSSR count). The number of rotatable bonds is 4. The van der Waals surface area contributed by atoms with Crippen molar-refractivity contribution in [2.75, 3.05) is 7.05 Å². The number of carbonyl (C=O) groups excluding carboxylic acids is 1. The molecule has 0 aliphatic heterocycles. The van der Waals surface area contributed by atoms with Crippen molar-refractivity contribution in [2.24, 2.45) is 0 Å². The second kappa shape index (κ2) is 5.89. The highest BCUT2D eigenvalue weighted by molar-refractivity contribution is 5.93. The number of hydrogen-bond acceptors (Lipinski definition) is 3. The number of aryl methyl sites for hydroxylation is 1. The molecular weight excluding hydrogens is 278 g/mol. The van der Waals surface area contributed by atoms with Gasteiger partial charge in [0.2, 0.25) is 0 Å². The largest absolute Gasteiger partial charge is 0.464 e. The molecule has 22 heavy (non-hydrogen) atoms. The van der Waals surface area contributed by atoms with E-state index in [1.165, 1.54) is 0 Å². The van der Waals surface area contributed by atoms with Crippen LogP contribution in [0.2, 0.25) is 0 Å². The monoisotopic (exact) mass is 295 g/mol. The van der Waals surface area contributed by atoms with E-state index in [4.69, 9.17) is 4.42 Å². The summed E-state index contributed by atoms with van der Waals surface area (Å²) < 4.78 is 7.19. The maximum absolute atomic E-state index is 12.4. The summed E-state index contributed by atoms with van der Waals surface area (Å²) in [6, 6.07) is 13.5. The fourth-order valence-corrected chi connectivity index (χ4v) is 2.25. The maximum atomic E-state index is 12.4. The van der Waals surface area contributed by atoms with Crippen LogP contribution in [0.25, 0.3) is 5.69 Å². The van der Waals surface area contributed by atoms with Crippen molar-refractivity contribution in [2.45, 2.75) is 13.5 Å². The second-order valence-electron chi connectivity index (χ2n) is 5.18. The van der Waals surface area contributed by atoms with E-state index in [1.807, 2.05) is 49.4 Å². The normalized spacial score (nSPS) is 10.6. The van der Waals surface area contributed by atoms with Crippen LogP contribution in [0.4, 0.5) is 0 Å². The first-order chi connectivity index (χ1) is 10.6. The lowest BCUT2D eigenvalue weighted by Crippen LogP contribution is -2.25. The van der Waals surface area contributed by atoms with E-state index in [-0.39, 0.29) is 5.91 Å². The van der Waals surface area contributed by atoms with Crippen molar-refractivity contribution in [3.63, 3.8) is 0 Å². The van der Waals surface area contributed by atoms with Crippen LogP contribution in [0.5, 0.6) is 0 Å². The summed E-state index contributed by atoms with van der Waals surface area (Å²) in [4.78, 5) is 14.0. The number of hydrogen-bond donors (Lipinski definition) is 0. The van der Waals surface area contributed by atoms with E-state index >= 15 is 0 Å². The molecule has 2 aromatic heterocycles. The van der Waals surface area contributed by atoms with Gasteiger partial charge in [-0.25, -0.2) is 4.68 Å². The first-order valence-corrected chi connectivity index (χ1v) is 7.04. The van der Waals surface area contributed by atoms with Crippen molar-refractivity contribution in [1.29, 1.82) is 0 Å². The van der Waals surface area contributed by atoms with Crippen LogP contribution in [-0.4, -0.2) is 27.6 Å². The second-order valence-corrected chi connectivity index (χ2v) is 5.18. The number of benzene rings is 1. The Labute approximate surface area is 128 Å². The summed E-state index contributed by atoms with van der Waals surface area (Å²) in [6.07, 6.45) is 3.32. The molecule has 0 unspecified atom stereocenters. The first-order valence-electron chi connectivity index (χ1n) is 7.04. The third kappa shape index (κ3) is 2.93. The SMILES string of the molecule is Cc1ccc(CN(C)C(=O)c2cnn(-c3ccccc3)c2)o1. The molecule has 0 bridgehead atoms. The Balaban J connectivity index is 1.74. The highest BCUT2D eigenvalue weighted by Crippen LogP contribution is 2.12. The van der Waals surface area contributed by atoms with Crippen molar-refractivity contribution >= 4 is 5.91 Å². The van der Waals surface area contributed by atoms with Crippen molar-refractivity contribution < 1.29 is 9.21 Å². The van der Waals surface area contributed by atoms with Gasteiger partial charge in [-0.15, -0.1) is 0 Å². The van der Waals surface area contributed by atoms with Crippen LogP contribution < -0.4 is 0 Å². The Hall–Kier alpha value is -2.82. The smallest absolute Gasteiger partial charge is 0.257 e. The number of para-hydroxylation sites is 1. The third-order valence-electron chi connectivity index (χ3n) is 3.39. The number of aromatic nitrogens is 2. The fraction of sp³-hybridized carbons (Fsp3) is 0.176. The molecule has 0 aliphatic carbocycles. The van der Waals surface area contributed by atoms with E-state index in [0.29, 0.717) is 12.1 Å². The Morgan fingerprint density at radius 1 is 1.23 bits per heavy atom. The number of furan rings is 1. The zero-order valence-electron chi connectivity index (χ0n) is 12.6. The van der Waals surface area contributed by atoms with E-state index in [0.717, 1.165) is 17.2 Å². The average Bonchev–Trinajstić information content (AvgIpc) is 3.17. The standard InChI is InChI=1S/C17H17N3O2/c1-13-8-9-16(22-13)12-19(2)17(21)14-10-18-20(11-14)15-6-4-3-5-7-15/h3-11H,12H2,1-2H3. The summed E-state index contributed by atoms with van der Waals surface area (Å²) in [7, 11) is 1.75. The van der Waals surface area contributed by atoms with Gasteiger partial charge in [0.05, 0.1) is 24.0 Å². The van der Waals surface area contributed by atoms with Crippen LogP contribution in [0.3, 0.4) is 0 Å². The zero-order chi connectivity index (χ0) is 15.5. The third-order valence-corrected chi connectivity index (χ3v) is 3.39. The Morgan fingerprint density at radius 2 is 2.00 bits per heavy atom. The number of carbonyl (C=O) groups is 1. The topological polar surface area (TPSA) is 51.3 Å². The van der Waals surface area contributed by atoms with E-state index in [1.54, 1.807) is 29.0 Å². The fourth-order valence-electron chi connectivity index (χ4n) is 2.25. The summed E-state index contributed by atoms with van der Waals surface area (Å²) in [6.45, 7) is 2.32. The predicted octanol–water partition coefficient (Wildman–Crippen LogP) is 3.05. The minimum Gasteiger partial charge on any atom is -0.464 e. The molecule has 0 spiro atoms. The highest BCUT2D eigenvalue weighted by Gasteiger charge is 2.15. The minimum absolute atomic E-state index is 0.0868. The highest BCUT2D eigenvalue weighted by atomic mass is 16.3. The van der Waals surface area contributed by atoms with Crippen LogP contribution in [-0.2, 0) is 6.54 Å². The molecule has 0 fully saturated rings. The van der Waals surface area contributed by atoms with Gasteiger partial charge in [-0.2, -0.15) is 5.10 Å². The van der Waals surface area contributed by atoms with Crippen LogP contribution >= 0.6 is 0 Å². The molecular formula is C17H17N3O2. The van der Waals surface area contributed by atoms with Gasteiger partial charge in [-0.05, 0) is 31.2 Å². The molecule has 5 nitrogen and oxygen atoms in total. The van der Waals surface area contributed by atoms with Gasteiger partial charge in [0.25, 0.3) is 5.91 Å². The van der Waals surface area contributed by atoms with Gasteiger partial charge in [-0.1, -0.05) is 18.2 Å². The molecule has 0 saturated heterocycles. The van der Waals surface area contributed by atoms with Crippen molar-refractivity contribution in [3.8, 4) is 5.69 Å². The molecule has 3 aromatic rings. The Morgan fingerprint density at radius 3 is 2.68 bits per heavy atom. The lowest BCUT2D eigenvalue weighted by molar-refractivity contribution is 0.0775.